The minimum absolute atomic E-state index is 0.00390. The van der Waals surface area contributed by atoms with Crippen molar-refractivity contribution in [2.75, 3.05) is 0 Å². The Hall–Kier alpha value is -5.78. The Balaban J connectivity index is 1.50. The molecule has 0 saturated heterocycles. The summed E-state index contributed by atoms with van der Waals surface area (Å²) in [6.45, 7) is 35.1. The zero-order chi connectivity index (χ0) is 41.8. The van der Waals surface area contributed by atoms with Crippen molar-refractivity contribution in [2.45, 2.75) is 84.5 Å². The Kier molecular flexibility index (Phi) is 10.5. The van der Waals surface area contributed by atoms with Crippen molar-refractivity contribution in [1.29, 1.82) is 0 Å². The number of imidazole rings is 1. The van der Waals surface area contributed by atoms with Gasteiger partial charge in [-0.3, -0.25) is 0 Å². The molecule has 0 saturated carbocycles. The molecule has 59 heavy (non-hydrogen) atoms. The van der Waals surface area contributed by atoms with Crippen molar-refractivity contribution < 1.29 is 13.6 Å². The molecule has 0 fully saturated rings. The van der Waals surface area contributed by atoms with Crippen LogP contribution in [0.5, 0.6) is 0 Å². The maximum Gasteiger partial charge on any atom is 0.304 e. The van der Waals surface area contributed by atoms with Crippen molar-refractivity contribution in [3.63, 3.8) is 0 Å². The molecule has 298 valence electrons. The Bertz CT molecular complexity index is 2830. The summed E-state index contributed by atoms with van der Waals surface area (Å²) in [4.78, 5) is 0. The third-order valence-electron chi connectivity index (χ3n) is 12.6. The number of benzene rings is 5. The zero-order valence-corrected chi connectivity index (χ0v) is 37.1. The molecule has 0 bridgehead atoms. The molecule has 8 rings (SSSR count). The molecule has 7 aromatic rings. The van der Waals surface area contributed by atoms with Crippen LogP contribution in [0.2, 0.25) is 19.6 Å². The van der Waals surface area contributed by atoms with Crippen LogP contribution in [0.3, 0.4) is 0 Å². The summed E-state index contributed by atoms with van der Waals surface area (Å²) in [5.74, 6) is 1.13. The van der Waals surface area contributed by atoms with E-state index >= 15 is 0 Å². The fourth-order valence-electron chi connectivity index (χ4n) is 9.31. The van der Waals surface area contributed by atoms with Gasteiger partial charge in [0.1, 0.15) is 29.2 Å². The maximum absolute atomic E-state index is 7.01. The molecular formula is C54H59N3OSi+2. The van der Waals surface area contributed by atoms with Crippen LogP contribution in [0.1, 0.15) is 58.1 Å². The van der Waals surface area contributed by atoms with Crippen LogP contribution in [0, 0.1) is 5.92 Å². The molecule has 0 aliphatic carbocycles. The van der Waals surface area contributed by atoms with Crippen molar-refractivity contribution in [1.82, 2.24) is 4.57 Å². The summed E-state index contributed by atoms with van der Waals surface area (Å²) >= 11 is 0. The largest absolute Gasteiger partial charge is 0.455 e. The predicted molar refractivity (Wildman–Crippen MR) is 254 cm³/mol. The summed E-state index contributed by atoms with van der Waals surface area (Å²) in [7, 11) is -1.60. The number of para-hydroxylation sites is 3. The Labute approximate surface area is 351 Å². The van der Waals surface area contributed by atoms with Gasteiger partial charge in [-0.05, 0) is 82.5 Å². The van der Waals surface area contributed by atoms with Gasteiger partial charge < -0.3 is 4.42 Å². The molecule has 0 radical (unpaired) electrons. The molecule has 5 aromatic carbocycles. The Morgan fingerprint density at radius 3 is 2.34 bits per heavy atom. The normalized spacial score (nSPS) is 16.6. The van der Waals surface area contributed by atoms with Crippen LogP contribution < -0.4 is 4.57 Å². The van der Waals surface area contributed by atoms with E-state index in [9.17, 15) is 0 Å². The minimum atomic E-state index is -1.60. The first kappa shape index (κ1) is 40.0. The van der Waals surface area contributed by atoms with Gasteiger partial charge in [0.15, 0.2) is 28.9 Å². The number of furan rings is 1. The van der Waals surface area contributed by atoms with Crippen molar-refractivity contribution in [3.05, 3.63) is 163 Å². The molecule has 0 spiro atoms. The second kappa shape index (κ2) is 15.4. The highest BCUT2D eigenvalue weighted by molar-refractivity contribution is 6.83. The average Bonchev–Trinajstić information content (AvgIpc) is 3.77. The number of aromatic nitrogens is 2. The lowest BCUT2D eigenvalue weighted by atomic mass is 9.82. The average molecular weight is 794 g/mol. The molecule has 1 aliphatic rings. The van der Waals surface area contributed by atoms with E-state index in [-0.39, 0.29) is 17.4 Å². The molecule has 2 unspecified atom stereocenters. The first-order valence-electron chi connectivity index (χ1n) is 21.2. The fourth-order valence-corrected chi connectivity index (χ4v) is 10.9. The molecule has 5 heteroatoms. The maximum atomic E-state index is 7.01. The van der Waals surface area contributed by atoms with E-state index in [1.807, 2.05) is 6.08 Å². The Morgan fingerprint density at radius 1 is 0.915 bits per heavy atom. The zero-order valence-electron chi connectivity index (χ0n) is 36.1. The second-order valence-corrected chi connectivity index (χ2v) is 23.6. The molecule has 3 heterocycles. The van der Waals surface area contributed by atoms with Crippen LogP contribution in [-0.2, 0) is 11.8 Å². The van der Waals surface area contributed by atoms with Crippen LogP contribution >= 0.6 is 0 Å². The van der Waals surface area contributed by atoms with E-state index in [0.29, 0.717) is 6.42 Å². The van der Waals surface area contributed by atoms with Gasteiger partial charge >= 0.3 is 5.82 Å². The first-order valence-corrected chi connectivity index (χ1v) is 24.7. The summed E-state index contributed by atoms with van der Waals surface area (Å²) < 4.78 is 14.2. The Morgan fingerprint density at radius 2 is 1.63 bits per heavy atom. The smallest absolute Gasteiger partial charge is 0.304 e. The summed E-state index contributed by atoms with van der Waals surface area (Å²) in [6, 6.07) is 39.7. The van der Waals surface area contributed by atoms with Gasteiger partial charge in [0.05, 0.1) is 14.5 Å². The van der Waals surface area contributed by atoms with E-state index in [0.717, 1.165) is 80.6 Å². The number of rotatable bonds is 8. The molecular weight excluding hydrogens is 735 g/mol. The number of allylic oxidation sites excluding steroid dienone is 2. The van der Waals surface area contributed by atoms with Gasteiger partial charge in [-0.15, -0.1) is 0 Å². The fraction of sp³-hybridized carbons (Fsp3) is 0.259. The lowest BCUT2D eigenvalue weighted by molar-refractivity contribution is -0.554. The van der Waals surface area contributed by atoms with E-state index in [1.54, 1.807) is 0 Å². The third kappa shape index (κ3) is 7.20. The highest BCUT2D eigenvalue weighted by atomic mass is 28.3. The summed E-state index contributed by atoms with van der Waals surface area (Å²) in [6.07, 6.45) is 7.65. The molecule has 2 aromatic heterocycles. The van der Waals surface area contributed by atoms with Gasteiger partial charge in [0.25, 0.3) is 0 Å². The quantitative estimate of drug-likeness (QED) is 0.0651. The van der Waals surface area contributed by atoms with Crippen molar-refractivity contribution in [2.24, 2.45) is 5.92 Å². The van der Waals surface area contributed by atoms with Gasteiger partial charge in [-0.1, -0.05) is 152 Å². The molecule has 0 N–H and O–H groups in total. The SMILES string of the molecule is C=CC(=C)C1CCc2ccc3c(oc4ccccc43)c2-c2n(c3ccccc3[n+]2-c2ccc(C(C)(C)C)cc2-c2ccccc2)C(=C)CC1[N+](=C)/C=C(\CC)[Si](C)(C)C. The van der Waals surface area contributed by atoms with E-state index < -0.39 is 8.07 Å². The highest BCUT2D eigenvalue weighted by Gasteiger charge is 2.40. The predicted octanol–water partition coefficient (Wildman–Crippen LogP) is 13.9. The highest BCUT2D eigenvalue weighted by Crippen LogP contribution is 2.44. The molecule has 2 atom stereocenters. The van der Waals surface area contributed by atoms with Crippen LogP contribution in [0.4, 0.5) is 0 Å². The van der Waals surface area contributed by atoms with Gasteiger partial charge in [0, 0.05) is 22.3 Å². The van der Waals surface area contributed by atoms with Crippen LogP contribution in [0.15, 0.2) is 156 Å². The lowest BCUT2D eigenvalue weighted by Gasteiger charge is -2.27. The van der Waals surface area contributed by atoms with Gasteiger partial charge in [-0.25, -0.2) is 4.58 Å². The van der Waals surface area contributed by atoms with Gasteiger partial charge in [0.2, 0.25) is 0 Å². The first-order chi connectivity index (χ1) is 28.2. The van der Waals surface area contributed by atoms with Gasteiger partial charge in [-0.2, -0.15) is 9.13 Å². The van der Waals surface area contributed by atoms with E-state index in [2.05, 4.69) is 190 Å². The van der Waals surface area contributed by atoms with Crippen molar-refractivity contribution in [3.8, 4) is 28.2 Å². The number of aryl methyl sites for hydroxylation is 1. The third-order valence-corrected chi connectivity index (χ3v) is 15.0. The number of nitrogens with zero attached hydrogens (tertiary/aromatic N) is 3. The lowest BCUT2D eigenvalue weighted by Crippen LogP contribution is -2.36. The molecule has 0 amide bonds. The van der Waals surface area contributed by atoms with E-state index in [4.69, 9.17) is 17.7 Å². The molecule has 1 aliphatic heterocycles. The van der Waals surface area contributed by atoms with E-state index in [1.165, 1.54) is 27.5 Å². The van der Waals surface area contributed by atoms with Crippen LogP contribution in [-0.4, -0.2) is 30.0 Å². The van der Waals surface area contributed by atoms with Crippen molar-refractivity contribution >= 4 is 53.5 Å². The summed E-state index contributed by atoms with van der Waals surface area (Å²) in [5, 5.41) is 3.71. The number of hydrogen-bond acceptors (Lipinski definition) is 1. The monoisotopic (exact) mass is 793 g/mol. The standard InChI is InChI=1S/C54H59N3OSi/c1-12-36(3)42-30-27-39-28-31-44-43-23-17-20-26-50(43)58-52(44)51(39)53-56(37(4)33-49(42)55(8)35-41(13-2)59(9,10)11)47-24-18-19-25-48(47)57(53)46-32-29-40(54(5,6)7)34-45(46)38-21-15-14-16-22-38/h12,14-26,28-29,31-32,34-35,42,49H,1,3-4,8,13,27,30,33H2,2,5-7,9-11H3/q+2/b41-35+. The summed E-state index contributed by atoms with van der Waals surface area (Å²) in [5.41, 5.74) is 13.0. The second-order valence-electron chi connectivity index (χ2n) is 18.4. The number of fused-ring (bicyclic) bond motifs is 9. The van der Waals surface area contributed by atoms with Crippen LogP contribution in [0.25, 0.3) is 66.9 Å². The minimum Gasteiger partial charge on any atom is -0.455 e. The molecule has 4 nitrogen and oxygen atoms in total. The topological polar surface area (TPSA) is 25.0 Å². The number of hydrogen-bond donors (Lipinski definition) is 0.